The Morgan fingerprint density at radius 3 is 2.33 bits per heavy atom. The first-order chi connectivity index (χ1) is 18.9. The summed E-state index contributed by atoms with van der Waals surface area (Å²) < 4.78 is 15.2. The van der Waals surface area contributed by atoms with Crippen LogP contribution in [0.25, 0.3) is 0 Å². The summed E-state index contributed by atoms with van der Waals surface area (Å²) in [6.45, 7) is 2.84. The minimum absolute atomic E-state index is 0.244. The van der Waals surface area contributed by atoms with Gasteiger partial charge in [-0.05, 0) is 29.7 Å². The number of carbonyl (C=O) groups is 1. The van der Waals surface area contributed by atoms with Crippen LogP contribution >= 0.6 is 11.8 Å². The Labute approximate surface area is 232 Å². The van der Waals surface area contributed by atoms with Crippen LogP contribution in [0.5, 0.6) is 0 Å². The summed E-state index contributed by atoms with van der Waals surface area (Å²) >= 11 is 1.38. The number of unbranched alkanes of at least 4 members (excludes halogenated alkanes) is 8. The van der Waals surface area contributed by atoms with Crippen LogP contribution in [0.15, 0.2) is 57.6 Å². The van der Waals surface area contributed by atoms with Gasteiger partial charge in [-0.2, -0.15) is 4.98 Å². The van der Waals surface area contributed by atoms with Crippen LogP contribution in [0.2, 0.25) is 0 Å². The maximum atomic E-state index is 13.3. The highest BCUT2D eigenvalue weighted by atomic mass is 32.2. The Hall–Kier alpha value is -3.27. The molecule has 0 fully saturated rings. The molecule has 1 unspecified atom stereocenters. The predicted octanol–water partition coefficient (Wildman–Crippen LogP) is 5.90. The number of aromatic amines is 1. The number of rotatable bonds is 17. The molecule has 0 amide bonds. The van der Waals surface area contributed by atoms with Crippen LogP contribution in [0.3, 0.4) is 0 Å². The minimum atomic E-state index is -1.08. The number of carboxylic acids is 1. The third-order valence-corrected chi connectivity index (χ3v) is 7.68. The summed E-state index contributed by atoms with van der Waals surface area (Å²) in [7, 11) is 0. The number of carboxylic acid groups (broad SMARTS) is 1. The van der Waals surface area contributed by atoms with Crippen molar-refractivity contribution < 1.29 is 14.3 Å². The van der Waals surface area contributed by atoms with Gasteiger partial charge in [-0.1, -0.05) is 82.2 Å². The van der Waals surface area contributed by atoms with Crippen molar-refractivity contribution in [2.75, 3.05) is 0 Å². The molecule has 8 nitrogen and oxygen atoms in total. The SMILES string of the molecule is CCCCCCCCCCCn1cc(C(CC(=O)O)c2cnc(=O)[nH]c2)c(=O)nc1SCc1ccc(F)cc1. The van der Waals surface area contributed by atoms with Gasteiger partial charge in [-0.3, -0.25) is 9.59 Å². The van der Waals surface area contributed by atoms with Crippen molar-refractivity contribution in [2.24, 2.45) is 0 Å². The van der Waals surface area contributed by atoms with Crippen LogP contribution in [0.1, 0.15) is 93.7 Å². The zero-order chi connectivity index (χ0) is 28.0. The van der Waals surface area contributed by atoms with E-state index in [9.17, 15) is 23.9 Å². The molecular formula is C29H37FN4O4S. The number of H-pyrrole nitrogens is 1. The molecule has 2 N–H and O–H groups in total. The highest BCUT2D eigenvalue weighted by Crippen LogP contribution is 2.27. The number of nitrogens with one attached hydrogen (secondary N) is 1. The minimum Gasteiger partial charge on any atom is -0.481 e. The molecule has 0 aliphatic carbocycles. The first-order valence-corrected chi connectivity index (χ1v) is 14.6. The van der Waals surface area contributed by atoms with Gasteiger partial charge < -0.3 is 14.7 Å². The average Bonchev–Trinajstić information content (AvgIpc) is 2.92. The summed E-state index contributed by atoms with van der Waals surface area (Å²) in [6.07, 6.45) is 14.7. The summed E-state index contributed by atoms with van der Waals surface area (Å²) in [5.41, 5.74) is 0.501. The van der Waals surface area contributed by atoms with Gasteiger partial charge in [0, 0.05) is 42.4 Å². The molecule has 0 saturated heterocycles. The van der Waals surface area contributed by atoms with Crippen molar-refractivity contribution >= 4 is 17.7 Å². The second kappa shape index (κ2) is 16.0. The average molecular weight is 557 g/mol. The van der Waals surface area contributed by atoms with Crippen molar-refractivity contribution in [1.82, 2.24) is 19.5 Å². The molecular weight excluding hydrogens is 519 g/mol. The molecule has 1 aromatic carbocycles. The van der Waals surface area contributed by atoms with E-state index in [-0.39, 0.29) is 17.8 Å². The van der Waals surface area contributed by atoms with Gasteiger partial charge in [0.15, 0.2) is 5.16 Å². The number of hydrogen-bond donors (Lipinski definition) is 2. The molecule has 0 spiro atoms. The van der Waals surface area contributed by atoms with Crippen LogP contribution in [-0.4, -0.2) is 30.6 Å². The molecule has 0 bridgehead atoms. The summed E-state index contributed by atoms with van der Waals surface area (Å²) in [5, 5.41) is 10.1. The number of aryl methyl sites for hydroxylation is 1. The molecule has 0 saturated carbocycles. The smallest absolute Gasteiger partial charge is 0.344 e. The molecule has 0 aliphatic heterocycles. The number of halogens is 1. The Kier molecular flexibility index (Phi) is 12.4. The fraction of sp³-hybridized carbons (Fsp3) is 0.483. The maximum absolute atomic E-state index is 13.3. The van der Waals surface area contributed by atoms with Gasteiger partial charge in [-0.15, -0.1) is 0 Å². The van der Waals surface area contributed by atoms with Crippen molar-refractivity contribution in [3.05, 3.63) is 86.2 Å². The van der Waals surface area contributed by atoms with Crippen LogP contribution in [0.4, 0.5) is 4.39 Å². The van der Waals surface area contributed by atoms with Crippen LogP contribution in [0, 0.1) is 5.82 Å². The van der Waals surface area contributed by atoms with E-state index in [4.69, 9.17) is 0 Å². The molecule has 1 atom stereocenters. The fourth-order valence-electron chi connectivity index (χ4n) is 4.46. The van der Waals surface area contributed by atoms with E-state index in [0.717, 1.165) is 24.8 Å². The molecule has 10 heteroatoms. The van der Waals surface area contributed by atoms with Crippen LogP contribution in [-0.2, 0) is 17.1 Å². The molecule has 3 rings (SSSR count). The lowest BCUT2D eigenvalue weighted by molar-refractivity contribution is -0.137. The molecule has 2 heterocycles. The first kappa shape index (κ1) is 30.3. The normalized spacial score (nSPS) is 11.9. The van der Waals surface area contributed by atoms with E-state index in [0.29, 0.717) is 23.0 Å². The monoisotopic (exact) mass is 556 g/mol. The Bertz CT molecular complexity index is 1290. The third kappa shape index (κ3) is 10.1. The Balaban J connectivity index is 1.80. The standard InChI is InChI=1S/C29H37FN4O4S/c1-2-3-4-5-6-7-8-9-10-15-34-19-25(24(16-26(35)36)22-17-31-28(38)32-18-22)27(37)33-29(34)39-20-21-11-13-23(30)14-12-21/h11-14,17-19,24H,2-10,15-16,20H2,1H3,(H,35,36)(H,31,32,38). The zero-order valence-corrected chi connectivity index (χ0v) is 23.2. The third-order valence-electron chi connectivity index (χ3n) is 6.62. The molecule has 210 valence electrons. The molecule has 3 aromatic rings. The van der Waals surface area contributed by atoms with Crippen molar-refractivity contribution in [1.29, 1.82) is 0 Å². The second-order valence-electron chi connectivity index (χ2n) is 9.72. The van der Waals surface area contributed by atoms with Gasteiger partial charge in [0.05, 0.1) is 6.42 Å². The van der Waals surface area contributed by atoms with E-state index in [1.54, 1.807) is 18.3 Å². The quantitative estimate of drug-likeness (QED) is 0.121. The molecule has 0 aliphatic rings. The van der Waals surface area contributed by atoms with Crippen LogP contribution < -0.4 is 11.2 Å². The van der Waals surface area contributed by atoms with Gasteiger partial charge in [-0.25, -0.2) is 14.2 Å². The van der Waals surface area contributed by atoms with E-state index in [1.165, 1.54) is 74.8 Å². The van der Waals surface area contributed by atoms with E-state index < -0.39 is 23.1 Å². The molecule has 2 aromatic heterocycles. The maximum Gasteiger partial charge on any atom is 0.344 e. The highest BCUT2D eigenvalue weighted by Gasteiger charge is 2.24. The molecule has 39 heavy (non-hydrogen) atoms. The number of aliphatic carboxylic acids is 1. The number of benzene rings is 1. The number of hydrogen-bond acceptors (Lipinski definition) is 6. The number of thioether (sulfide) groups is 1. The number of aromatic nitrogens is 4. The summed E-state index contributed by atoms with van der Waals surface area (Å²) in [6, 6.07) is 6.20. The molecule has 0 radical (unpaired) electrons. The zero-order valence-electron chi connectivity index (χ0n) is 22.4. The lowest BCUT2D eigenvalue weighted by Crippen LogP contribution is -2.24. The largest absolute Gasteiger partial charge is 0.481 e. The predicted molar refractivity (Wildman–Crippen MR) is 151 cm³/mol. The van der Waals surface area contributed by atoms with Crippen molar-refractivity contribution in [2.45, 2.75) is 94.5 Å². The summed E-state index contributed by atoms with van der Waals surface area (Å²) in [5.74, 6) is -1.69. The first-order valence-electron chi connectivity index (χ1n) is 13.6. The van der Waals surface area contributed by atoms with Gasteiger partial charge >= 0.3 is 11.7 Å². The van der Waals surface area contributed by atoms with Gasteiger partial charge in [0.2, 0.25) is 0 Å². The fourth-order valence-corrected chi connectivity index (χ4v) is 5.40. The topological polar surface area (TPSA) is 118 Å². The van der Waals surface area contributed by atoms with Gasteiger partial charge in [0.1, 0.15) is 5.82 Å². The lowest BCUT2D eigenvalue weighted by atomic mass is 9.92. The van der Waals surface area contributed by atoms with Crippen molar-refractivity contribution in [3.63, 3.8) is 0 Å². The van der Waals surface area contributed by atoms with E-state index in [2.05, 4.69) is 21.9 Å². The van der Waals surface area contributed by atoms with E-state index >= 15 is 0 Å². The number of nitrogens with zero attached hydrogens (tertiary/aromatic N) is 3. The van der Waals surface area contributed by atoms with Gasteiger partial charge in [0.25, 0.3) is 5.56 Å². The van der Waals surface area contributed by atoms with E-state index in [1.807, 2.05) is 4.57 Å². The summed E-state index contributed by atoms with van der Waals surface area (Å²) in [4.78, 5) is 46.8. The Morgan fingerprint density at radius 2 is 1.72 bits per heavy atom. The van der Waals surface area contributed by atoms with Crippen molar-refractivity contribution in [3.8, 4) is 0 Å². The highest BCUT2D eigenvalue weighted by molar-refractivity contribution is 7.98. The Morgan fingerprint density at radius 1 is 1.05 bits per heavy atom. The second-order valence-corrected chi connectivity index (χ2v) is 10.7. The lowest BCUT2D eigenvalue weighted by Gasteiger charge is -2.18.